The number of hydrogen-bond donors (Lipinski definition) is 1. The molecule has 4 heteroatoms. The average molecular weight is 245 g/mol. The van der Waals surface area contributed by atoms with Crippen LogP contribution in [0.2, 0.25) is 0 Å². The summed E-state index contributed by atoms with van der Waals surface area (Å²) in [6.45, 7) is 8.07. The van der Waals surface area contributed by atoms with Crippen molar-refractivity contribution in [3.63, 3.8) is 0 Å². The van der Waals surface area contributed by atoms with Crippen molar-refractivity contribution in [2.24, 2.45) is 5.92 Å². The number of nitrogens with zero attached hydrogens (tertiary/aromatic N) is 1. The Morgan fingerprint density at radius 2 is 2.00 bits per heavy atom. The summed E-state index contributed by atoms with van der Waals surface area (Å²) >= 11 is 1.87. The molecule has 16 heavy (non-hydrogen) atoms. The van der Waals surface area contributed by atoms with Crippen molar-refractivity contribution in [2.45, 2.75) is 39.2 Å². The van der Waals surface area contributed by atoms with Gasteiger partial charge in [0.2, 0.25) is 0 Å². The SMILES string of the molecule is CCN(CC(C)C)C1(C(=O)O)CCSCC1. The van der Waals surface area contributed by atoms with Crippen molar-refractivity contribution in [2.75, 3.05) is 24.6 Å². The Hall–Kier alpha value is -0.220. The molecule has 1 saturated heterocycles. The molecule has 0 aromatic rings. The summed E-state index contributed by atoms with van der Waals surface area (Å²) in [5.74, 6) is 1.84. The molecule has 0 aliphatic carbocycles. The minimum Gasteiger partial charge on any atom is -0.480 e. The smallest absolute Gasteiger partial charge is 0.324 e. The summed E-state index contributed by atoms with van der Waals surface area (Å²) in [6, 6.07) is 0. The van der Waals surface area contributed by atoms with Gasteiger partial charge in [-0.25, -0.2) is 0 Å². The van der Waals surface area contributed by atoms with E-state index in [4.69, 9.17) is 0 Å². The van der Waals surface area contributed by atoms with Gasteiger partial charge in [-0.05, 0) is 36.8 Å². The minimum atomic E-state index is -0.629. The number of carbonyl (C=O) groups is 1. The molecule has 1 aliphatic rings. The van der Waals surface area contributed by atoms with Crippen LogP contribution in [0.15, 0.2) is 0 Å². The van der Waals surface area contributed by atoms with Gasteiger partial charge in [0.05, 0.1) is 0 Å². The van der Waals surface area contributed by atoms with E-state index in [1.807, 2.05) is 11.8 Å². The fraction of sp³-hybridized carbons (Fsp3) is 0.917. The molecule has 0 aromatic heterocycles. The predicted molar refractivity (Wildman–Crippen MR) is 69.0 cm³/mol. The van der Waals surface area contributed by atoms with Crippen LogP contribution in [0.4, 0.5) is 0 Å². The first-order chi connectivity index (χ1) is 7.53. The molecule has 0 aromatic carbocycles. The van der Waals surface area contributed by atoms with Crippen molar-refractivity contribution < 1.29 is 9.90 Å². The van der Waals surface area contributed by atoms with Crippen LogP contribution in [0.5, 0.6) is 0 Å². The summed E-state index contributed by atoms with van der Waals surface area (Å²) < 4.78 is 0. The van der Waals surface area contributed by atoms with Crippen molar-refractivity contribution in [1.29, 1.82) is 0 Å². The second kappa shape index (κ2) is 5.92. The number of rotatable bonds is 5. The highest BCUT2D eigenvalue weighted by Crippen LogP contribution is 2.33. The van der Waals surface area contributed by atoms with E-state index in [1.54, 1.807) is 0 Å². The molecule has 0 spiro atoms. The number of likely N-dealkylation sites (N-methyl/N-ethyl adjacent to an activating group) is 1. The number of carboxylic acid groups (broad SMARTS) is 1. The molecule has 1 rings (SSSR count). The largest absolute Gasteiger partial charge is 0.480 e. The highest BCUT2D eigenvalue weighted by molar-refractivity contribution is 7.99. The number of aliphatic carboxylic acids is 1. The van der Waals surface area contributed by atoms with E-state index in [-0.39, 0.29) is 0 Å². The lowest BCUT2D eigenvalue weighted by molar-refractivity contribution is -0.152. The van der Waals surface area contributed by atoms with Crippen LogP contribution in [-0.4, -0.2) is 46.1 Å². The summed E-state index contributed by atoms with van der Waals surface area (Å²) in [6.07, 6.45) is 1.57. The molecule has 94 valence electrons. The van der Waals surface area contributed by atoms with Crippen LogP contribution in [0, 0.1) is 5.92 Å². The van der Waals surface area contributed by atoms with Gasteiger partial charge in [0.1, 0.15) is 5.54 Å². The highest BCUT2D eigenvalue weighted by atomic mass is 32.2. The van der Waals surface area contributed by atoms with Crippen LogP contribution in [-0.2, 0) is 4.79 Å². The van der Waals surface area contributed by atoms with E-state index >= 15 is 0 Å². The van der Waals surface area contributed by atoms with E-state index < -0.39 is 11.5 Å². The van der Waals surface area contributed by atoms with Gasteiger partial charge < -0.3 is 5.11 Å². The summed E-state index contributed by atoms with van der Waals surface area (Å²) in [7, 11) is 0. The average Bonchev–Trinajstić information content (AvgIpc) is 2.26. The van der Waals surface area contributed by atoms with Gasteiger partial charge in [0.25, 0.3) is 0 Å². The molecule has 0 amide bonds. The third-order valence-corrected chi connectivity index (χ3v) is 4.28. The van der Waals surface area contributed by atoms with E-state index in [1.165, 1.54) is 0 Å². The highest BCUT2D eigenvalue weighted by Gasteiger charge is 2.44. The monoisotopic (exact) mass is 245 g/mol. The van der Waals surface area contributed by atoms with Crippen LogP contribution in [0.1, 0.15) is 33.6 Å². The molecule has 1 aliphatic heterocycles. The number of carboxylic acids is 1. The first kappa shape index (κ1) is 13.8. The van der Waals surface area contributed by atoms with E-state index in [2.05, 4.69) is 25.7 Å². The van der Waals surface area contributed by atoms with Crippen molar-refractivity contribution >= 4 is 17.7 Å². The van der Waals surface area contributed by atoms with E-state index in [0.717, 1.165) is 37.4 Å². The first-order valence-corrected chi connectivity index (χ1v) is 7.24. The lowest BCUT2D eigenvalue weighted by Crippen LogP contribution is -2.57. The van der Waals surface area contributed by atoms with Gasteiger partial charge in [-0.15, -0.1) is 0 Å². The molecule has 0 saturated carbocycles. The molecule has 0 unspecified atom stereocenters. The second-order valence-electron chi connectivity index (χ2n) is 4.88. The van der Waals surface area contributed by atoms with E-state index in [0.29, 0.717) is 5.92 Å². The van der Waals surface area contributed by atoms with Gasteiger partial charge in [-0.1, -0.05) is 20.8 Å². The molecule has 0 bridgehead atoms. The Morgan fingerprint density at radius 3 is 2.38 bits per heavy atom. The quantitative estimate of drug-likeness (QED) is 0.807. The maximum atomic E-state index is 11.6. The third kappa shape index (κ3) is 2.92. The fourth-order valence-corrected chi connectivity index (χ4v) is 3.59. The molecule has 0 atom stereocenters. The van der Waals surface area contributed by atoms with Gasteiger partial charge in [-0.3, -0.25) is 9.69 Å². The molecular weight excluding hydrogens is 222 g/mol. The van der Waals surface area contributed by atoms with Crippen molar-refractivity contribution in [1.82, 2.24) is 4.90 Å². The number of hydrogen-bond acceptors (Lipinski definition) is 3. The zero-order chi connectivity index (χ0) is 12.2. The Balaban J connectivity index is 2.84. The van der Waals surface area contributed by atoms with Crippen molar-refractivity contribution in [3.05, 3.63) is 0 Å². The topological polar surface area (TPSA) is 40.5 Å². The molecule has 1 heterocycles. The molecule has 3 nitrogen and oxygen atoms in total. The zero-order valence-corrected chi connectivity index (χ0v) is 11.3. The Morgan fingerprint density at radius 1 is 1.44 bits per heavy atom. The van der Waals surface area contributed by atoms with Gasteiger partial charge >= 0.3 is 5.97 Å². The van der Waals surface area contributed by atoms with Crippen LogP contribution < -0.4 is 0 Å². The van der Waals surface area contributed by atoms with Gasteiger partial charge in [0.15, 0.2) is 0 Å². The predicted octanol–water partition coefficient (Wildman–Crippen LogP) is 2.31. The van der Waals surface area contributed by atoms with Crippen molar-refractivity contribution in [3.8, 4) is 0 Å². The maximum absolute atomic E-state index is 11.6. The second-order valence-corrected chi connectivity index (χ2v) is 6.11. The summed E-state index contributed by atoms with van der Waals surface area (Å²) in [5.41, 5.74) is -0.593. The molecule has 1 N–H and O–H groups in total. The minimum absolute atomic E-state index is 0.519. The Bertz CT molecular complexity index is 237. The Kier molecular flexibility index (Phi) is 5.12. The molecule has 1 fully saturated rings. The van der Waals surface area contributed by atoms with Crippen LogP contribution >= 0.6 is 11.8 Å². The van der Waals surface area contributed by atoms with Gasteiger partial charge in [0, 0.05) is 6.54 Å². The molecular formula is C12H23NO2S. The molecule has 0 radical (unpaired) electrons. The third-order valence-electron chi connectivity index (χ3n) is 3.29. The Labute approximate surface area is 103 Å². The summed E-state index contributed by atoms with van der Waals surface area (Å²) in [4.78, 5) is 13.8. The van der Waals surface area contributed by atoms with Crippen LogP contribution in [0.25, 0.3) is 0 Å². The lowest BCUT2D eigenvalue weighted by Gasteiger charge is -2.43. The van der Waals surface area contributed by atoms with Crippen LogP contribution in [0.3, 0.4) is 0 Å². The maximum Gasteiger partial charge on any atom is 0.324 e. The van der Waals surface area contributed by atoms with E-state index in [9.17, 15) is 9.90 Å². The zero-order valence-electron chi connectivity index (χ0n) is 10.5. The summed E-state index contributed by atoms with van der Waals surface area (Å²) in [5, 5.41) is 9.55. The lowest BCUT2D eigenvalue weighted by atomic mass is 9.89. The fourth-order valence-electron chi connectivity index (χ4n) is 2.42. The number of thioether (sulfide) groups is 1. The first-order valence-electron chi connectivity index (χ1n) is 6.09. The standard InChI is InChI=1S/C12H23NO2S/c1-4-13(9-10(2)3)12(11(14)15)5-7-16-8-6-12/h10H,4-9H2,1-3H3,(H,14,15). The normalized spacial score (nSPS) is 20.3. The van der Waals surface area contributed by atoms with Gasteiger partial charge in [-0.2, -0.15) is 11.8 Å².